The first-order chi connectivity index (χ1) is 22.4. The van der Waals surface area contributed by atoms with Gasteiger partial charge in [-0.2, -0.15) is 0 Å². The number of rotatable bonds is 8. The van der Waals surface area contributed by atoms with Crippen LogP contribution in [-0.4, -0.2) is 98.1 Å². The van der Waals surface area contributed by atoms with E-state index in [4.69, 9.17) is 9.47 Å². The lowest BCUT2D eigenvalue weighted by molar-refractivity contribution is 0.0303. The molecule has 1 spiro atoms. The number of likely N-dealkylation sites (N-methyl/N-ethyl adjacent to an activating group) is 1. The van der Waals surface area contributed by atoms with Gasteiger partial charge in [0, 0.05) is 62.4 Å². The van der Waals surface area contributed by atoms with Crippen LogP contribution in [0.25, 0.3) is 0 Å². The Labute approximate surface area is 273 Å². The number of nitrogens with one attached hydrogen (secondary N) is 3. The van der Waals surface area contributed by atoms with Crippen LogP contribution in [0.15, 0.2) is 42.5 Å². The summed E-state index contributed by atoms with van der Waals surface area (Å²) in [6.07, 6.45) is 10.5. The molecule has 2 aromatic carbocycles. The lowest BCUT2D eigenvalue weighted by Crippen LogP contribution is -2.49. The Balaban J connectivity index is 0.982. The van der Waals surface area contributed by atoms with Gasteiger partial charge in [0.15, 0.2) is 0 Å². The molecular weight excluding hydrogens is 582 g/mol. The molecule has 2 saturated heterocycles. The van der Waals surface area contributed by atoms with Crippen molar-refractivity contribution in [1.29, 1.82) is 0 Å². The molecule has 3 fully saturated rings. The minimum Gasteiger partial charge on any atom is -0.492 e. The normalized spacial score (nSPS) is 24.3. The second-order valence-corrected chi connectivity index (χ2v) is 13.6. The van der Waals surface area contributed by atoms with Gasteiger partial charge < -0.3 is 30.1 Å². The summed E-state index contributed by atoms with van der Waals surface area (Å²) in [5, 5.41) is 19.5. The van der Waals surface area contributed by atoms with E-state index < -0.39 is 6.10 Å². The third-order valence-corrected chi connectivity index (χ3v) is 10.7. The van der Waals surface area contributed by atoms with Crippen LogP contribution in [0.4, 0.5) is 0 Å². The number of ether oxygens (including phenoxy) is 2. The molecule has 6 rings (SSSR count). The van der Waals surface area contributed by atoms with Crippen molar-refractivity contribution in [2.75, 3.05) is 53.0 Å². The Kier molecular flexibility index (Phi) is 10.9. The minimum atomic E-state index is -0.746. The average Bonchev–Trinajstić information content (AvgIpc) is 3.46. The number of hydrazine groups is 1. The number of hydrogen-bond acceptors (Lipinski definition) is 8. The summed E-state index contributed by atoms with van der Waals surface area (Å²) < 4.78 is 11.8. The van der Waals surface area contributed by atoms with Crippen molar-refractivity contribution in [1.82, 2.24) is 26.0 Å². The number of nitrogens with zero attached hydrogens (tertiary/aromatic N) is 2. The van der Waals surface area contributed by atoms with E-state index >= 15 is 0 Å². The van der Waals surface area contributed by atoms with Crippen LogP contribution in [0.3, 0.4) is 0 Å². The Morgan fingerprint density at radius 2 is 1.70 bits per heavy atom. The summed E-state index contributed by atoms with van der Waals surface area (Å²) in [5.74, 6) is 0.561. The Morgan fingerprint density at radius 1 is 1.00 bits per heavy atom. The molecule has 4 aliphatic rings. The number of carbonyl (C=O) groups is 2. The molecule has 1 saturated carbocycles. The van der Waals surface area contributed by atoms with Crippen LogP contribution in [0, 0.1) is 5.41 Å². The molecule has 4 N–H and O–H groups in total. The number of carbonyl (C=O) groups excluding carboxylic acids is 2. The fourth-order valence-electron chi connectivity index (χ4n) is 7.71. The van der Waals surface area contributed by atoms with Crippen molar-refractivity contribution >= 4 is 11.8 Å². The number of aliphatic hydroxyl groups excluding tert-OH is 1. The van der Waals surface area contributed by atoms with Crippen molar-refractivity contribution in [3.8, 4) is 5.75 Å². The maximum Gasteiger partial charge on any atom is 0.254 e. The zero-order chi connectivity index (χ0) is 31.9. The Bertz CT molecular complexity index is 1320. The topological polar surface area (TPSA) is 115 Å². The first-order valence-electron chi connectivity index (χ1n) is 17.3. The van der Waals surface area contributed by atoms with Gasteiger partial charge in [-0.25, -0.2) is 5.01 Å². The highest BCUT2D eigenvalue weighted by Gasteiger charge is 2.45. The molecular formula is C36H51N5O5. The van der Waals surface area contributed by atoms with E-state index in [1.807, 2.05) is 0 Å². The highest BCUT2D eigenvalue weighted by atomic mass is 16.5. The molecule has 3 aliphatic heterocycles. The van der Waals surface area contributed by atoms with Crippen molar-refractivity contribution < 1.29 is 24.2 Å². The van der Waals surface area contributed by atoms with Gasteiger partial charge in [-0.3, -0.25) is 15.0 Å². The molecule has 0 aromatic heterocycles. The van der Waals surface area contributed by atoms with E-state index in [-0.39, 0.29) is 29.8 Å². The molecule has 1 aliphatic carbocycles. The molecule has 10 heteroatoms. The molecule has 46 heavy (non-hydrogen) atoms. The third kappa shape index (κ3) is 7.74. The molecule has 3 atom stereocenters. The maximum atomic E-state index is 12.8. The lowest BCUT2D eigenvalue weighted by Gasteiger charge is -2.36. The van der Waals surface area contributed by atoms with Crippen LogP contribution in [0.1, 0.15) is 83.2 Å². The van der Waals surface area contributed by atoms with Gasteiger partial charge in [-0.15, -0.1) is 0 Å². The maximum absolute atomic E-state index is 12.8. The summed E-state index contributed by atoms with van der Waals surface area (Å²) in [5.41, 5.74) is 7.28. The average molecular weight is 634 g/mol. The van der Waals surface area contributed by atoms with Gasteiger partial charge in [-0.1, -0.05) is 44.6 Å². The van der Waals surface area contributed by atoms with Crippen LogP contribution in [-0.2, 0) is 17.7 Å². The fraction of sp³-hybridized carbons (Fsp3) is 0.611. The number of morpholine rings is 1. The predicted octanol–water partition coefficient (Wildman–Crippen LogP) is 3.28. The van der Waals surface area contributed by atoms with E-state index in [9.17, 15) is 14.7 Å². The number of fused-ring (bicyclic) bond motifs is 1. The number of benzene rings is 2. The number of amides is 2. The second-order valence-electron chi connectivity index (χ2n) is 13.6. The molecule has 0 bridgehead atoms. The summed E-state index contributed by atoms with van der Waals surface area (Å²) in [6.45, 7) is 4.71. The van der Waals surface area contributed by atoms with E-state index in [0.29, 0.717) is 63.0 Å². The van der Waals surface area contributed by atoms with Gasteiger partial charge in [0.2, 0.25) is 0 Å². The van der Waals surface area contributed by atoms with Crippen molar-refractivity contribution in [3.05, 3.63) is 64.7 Å². The first-order valence-corrected chi connectivity index (χ1v) is 17.3. The first kappa shape index (κ1) is 32.9. The smallest absolute Gasteiger partial charge is 0.254 e. The van der Waals surface area contributed by atoms with Crippen molar-refractivity contribution in [2.24, 2.45) is 5.41 Å². The van der Waals surface area contributed by atoms with Gasteiger partial charge in [0.1, 0.15) is 12.4 Å². The van der Waals surface area contributed by atoms with Crippen molar-refractivity contribution in [2.45, 2.75) is 82.5 Å². The predicted molar refractivity (Wildman–Crippen MR) is 177 cm³/mol. The van der Waals surface area contributed by atoms with E-state index in [1.54, 1.807) is 29.2 Å². The standard InChI is InChI=1S/C36H51N5O5/c1-40-33(36(25-39-40)14-6-4-2-3-5-7-15-36)24-46-30-13-12-28-21-31(37-22-29(28)20-30)32(42)23-38-34(43)26-8-10-27(11-9-26)35(44)41-16-18-45-19-17-41/h8-13,20,31-33,37,39,42H,2-7,14-19,21-25H2,1H3,(H,38,43)/t31-,32+,33?/m0/s1. The number of aliphatic hydroxyl groups is 1. The lowest BCUT2D eigenvalue weighted by atomic mass is 9.74. The Morgan fingerprint density at radius 3 is 2.43 bits per heavy atom. The monoisotopic (exact) mass is 633 g/mol. The molecule has 3 heterocycles. The van der Waals surface area contributed by atoms with Gasteiger partial charge in [0.05, 0.1) is 25.4 Å². The van der Waals surface area contributed by atoms with Crippen LogP contribution in [0.5, 0.6) is 5.75 Å². The Hall–Kier alpha value is -3.02. The summed E-state index contributed by atoms with van der Waals surface area (Å²) in [4.78, 5) is 27.2. The molecule has 2 aromatic rings. The van der Waals surface area contributed by atoms with Crippen LogP contribution in [0.2, 0.25) is 0 Å². The fourth-order valence-corrected chi connectivity index (χ4v) is 7.71. The summed E-state index contributed by atoms with van der Waals surface area (Å²) >= 11 is 0. The third-order valence-electron chi connectivity index (χ3n) is 10.7. The number of hydrogen-bond donors (Lipinski definition) is 4. The van der Waals surface area contributed by atoms with Gasteiger partial charge in [-0.05, 0) is 66.8 Å². The summed E-state index contributed by atoms with van der Waals surface area (Å²) in [6, 6.07) is 13.2. The second kappa shape index (κ2) is 15.3. The molecule has 1 unspecified atom stereocenters. The zero-order valence-electron chi connectivity index (χ0n) is 27.3. The molecule has 0 radical (unpaired) electrons. The highest BCUT2D eigenvalue weighted by Crippen LogP contribution is 2.41. The summed E-state index contributed by atoms with van der Waals surface area (Å²) in [7, 11) is 2.16. The molecule has 2 amide bonds. The van der Waals surface area contributed by atoms with Gasteiger partial charge in [0.25, 0.3) is 11.8 Å². The minimum absolute atomic E-state index is 0.0550. The molecule has 10 nitrogen and oxygen atoms in total. The largest absolute Gasteiger partial charge is 0.492 e. The van der Waals surface area contributed by atoms with Crippen LogP contribution < -0.4 is 20.8 Å². The highest BCUT2D eigenvalue weighted by molar-refractivity contribution is 5.97. The quantitative estimate of drug-likeness (QED) is 0.350. The van der Waals surface area contributed by atoms with Gasteiger partial charge >= 0.3 is 0 Å². The van der Waals surface area contributed by atoms with E-state index in [2.05, 4.69) is 46.3 Å². The van der Waals surface area contributed by atoms with E-state index in [0.717, 1.165) is 12.3 Å². The van der Waals surface area contributed by atoms with Crippen LogP contribution >= 0.6 is 0 Å². The molecule has 250 valence electrons. The zero-order valence-corrected chi connectivity index (χ0v) is 27.3. The van der Waals surface area contributed by atoms with Crippen molar-refractivity contribution in [3.63, 3.8) is 0 Å². The SMILES string of the molecule is CN1NCC2(CCCCCCCC2)C1COc1ccc2c(c1)CN[C@H]([C@H](O)CNC(=O)c1ccc(C(=O)N3CCOCC3)cc1)C2. The van der Waals surface area contributed by atoms with E-state index in [1.165, 1.54) is 62.5 Å².